The summed E-state index contributed by atoms with van der Waals surface area (Å²) in [6.07, 6.45) is -4.15. The Bertz CT molecular complexity index is 429. The van der Waals surface area contributed by atoms with Gasteiger partial charge in [-0.05, 0) is 25.0 Å². The number of anilines is 2. The predicted octanol–water partition coefficient (Wildman–Crippen LogP) is 2.18. The fourth-order valence-electron chi connectivity index (χ4n) is 1.53. The van der Waals surface area contributed by atoms with Crippen molar-refractivity contribution in [3.63, 3.8) is 0 Å². The number of rotatable bonds is 3. The first kappa shape index (κ1) is 11.8. The van der Waals surface area contributed by atoms with Crippen LogP contribution in [0.15, 0.2) is 12.1 Å². The van der Waals surface area contributed by atoms with E-state index < -0.39 is 11.7 Å². The van der Waals surface area contributed by atoms with Crippen molar-refractivity contribution < 1.29 is 17.9 Å². The minimum atomic E-state index is -4.27. The first-order chi connectivity index (χ1) is 7.88. The molecule has 0 bridgehead atoms. The molecule has 0 saturated heterocycles. The van der Waals surface area contributed by atoms with E-state index in [0.29, 0.717) is 0 Å². The van der Waals surface area contributed by atoms with Gasteiger partial charge in [0.25, 0.3) is 0 Å². The van der Waals surface area contributed by atoms with Crippen LogP contribution in [0.4, 0.5) is 24.7 Å². The minimum Gasteiger partial charge on any atom is -0.479 e. The van der Waals surface area contributed by atoms with Gasteiger partial charge < -0.3 is 15.8 Å². The highest BCUT2D eigenvalue weighted by Gasteiger charge is 2.63. The standard InChI is InChI=1S/C10H12F3N3O/c1-17-8-6(14)2-3-7(15-8)16-9(4-5-9)10(11,12)13/h2-3H,4-5,14H2,1H3,(H,15,16). The maximum Gasteiger partial charge on any atom is 0.411 e. The third-order valence-electron chi connectivity index (χ3n) is 2.74. The molecule has 1 aromatic heterocycles. The van der Waals surface area contributed by atoms with E-state index in [1.165, 1.54) is 19.2 Å². The zero-order valence-electron chi connectivity index (χ0n) is 9.14. The molecule has 3 N–H and O–H groups in total. The topological polar surface area (TPSA) is 60.2 Å². The van der Waals surface area contributed by atoms with Crippen molar-refractivity contribution in [2.75, 3.05) is 18.2 Å². The van der Waals surface area contributed by atoms with Crippen LogP contribution in [-0.4, -0.2) is 23.8 Å². The molecule has 0 amide bonds. The van der Waals surface area contributed by atoms with E-state index in [0.717, 1.165) is 0 Å². The average molecular weight is 247 g/mol. The van der Waals surface area contributed by atoms with E-state index in [9.17, 15) is 13.2 Å². The van der Waals surface area contributed by atoms with Gasteiger partial charge in [-0.1, -0.05) is 0 Å². The Balaban J connectivity index is 2.20. The zero-order valence-corrected chi connectivity index (χ0v) is 9.14. The quantitative estimate of drug-likeness (QED) is 0.859. The molecule has 94 valence electrons. The largest absolute Gasteiger partial charge is 0.479 e. The lowest BCUT2D eigenvalue weighted by atomic mass is 10.2. The van der Waals surface area contributed by atoms with Gasteiger partial charge in [-0.25, -0.2) is 0 Å². The molecular formula is C10H12F3N3O. The van der Waals surface area contributed by atoms with Crippen LogP contribution >= 0.6 is 0 Å². The number of halogens is 3. The van der Waals surface area contributed by atoms with Crippen LogP contribution in [0.2, 0.25) is 0 Å². The number of nitrogens with one attached hydrogen (secondary N) is 1. The molecule has 0 atom stereocenters. The van der Waals surface area contributed by atoms with Gasteiger partial charge in [0.05, 0.1) is 12.8 Å². The number of nitrogens with zero attached hydrogens (tertiary/aromatic N) is 1. The number of alkyl halides is 3. The number of hydrogen-bond acceptors (Lipinski definition) is 4. The Morgan fingerprint density at radius 1 is 1.41 bits per heavy atom. The van der Waals surface area contributed by atoms with E-state index in [1.54, 1.807) is 0 Å². The Hall–Kier alpha value is -1.66. The third-order valence-corrected chi connectivity index (χ3v) is 2.74. The van der Waals surface area contributed by atoms with Gasteiger partial charge >= 0.3 is 6.18 Å². The summed E-state index contributed by atoms with van der Waals surface area (Å²) in [6, 6.07) is 2.87. The Morgan fingerprint density at radius 3 is 2.53 bits per heavy atom. The average Bonchev–Trinajstić information content (AvgIpc) is 3.01. The van der Waals surface area contributed by atoms with Crippen LogP contribution in [0, 0.1) is 0 Å². The molecule has 4 nitrogen and oxygen atoms in total. The summed E-state index contributed by atoms with van der Waals surface area (Å²) in [5.74, 6) is 0.235. The molecule has 0 aliphatic heterocycles. The second-order valence-electron chi connectivity index (χ2n) is 4.00. The van der Waals surface area contributed by atoms with Crippen LogP contribution in [0.1, 0.15) is 12.8 Å². The van der Waals surface area contributed by atoms with Gasteiger partial charge in [0.2, 0.25) is 5.88 Å². The predicted molar refractivity (Wildman–Crippen MR) is 56.8 cm³/mol. The molecule has 1 aliphatic carbocycles. The van der Waals surface area contributed by atoms with Gasteiger partial charge in [0.1, 0.15) is 11.4 Å². The van der Waals surface area contributed by atoms with Crippen molar-refractivity contribution in [3.8, 4) is 5.88 Å². The number of ether oxygens (including phenoxy) is 1. The summed E-state index contributed by atoms with van der Waals surface area (Å²) in [5, 5.41) is 2.40. The zero-order chi connectivity index (χ0) is 12.7. The molecule has 0 aromatic carbocycles. The molecule has 2 rings (SSSR count). The van der Waals surface area contributed by atoms with Crippen molar-refractivity contribution in [3.05, 3.63) is 12.1 Å². The van der Waals surface area contributed by atoms with Crippen molar-refractivity contribution in [2.24, 2.45) is 0 Å². The smallest absolute Gasteiger partial charge is 0.411 e. The SMILES string of the molecule is COc1nc(NC2(C(F)(F)F)CC2)ccc1N. The number of pyridine rings is 1. The summed E-state index contributed by atoms with van der Waals surface area (Å²) in [4.78, 5) is 3.87. The highest BCUT2D eigenvalue weighted by molar-refractivity contribution is 5.55. The van der Waals surface area contributed by atoms with E-state index in [-0.39, 0.29) is 30.2 Å². The highest BCUT2D eigenvalue weighted by Crippen LogP contribution is 2.51. The number of methoxy groups -OCH3 is 1. The third kappa shape index (κ3) is 2.09. The van der Waals surface area contributed by atoms with E-state index in [4.69, 9.17) is 10.5 Å². The summed E-state index contributed by atoms with van der Waals surface area (Å²) in [6.45, 7) is 0. The maximum atomic E-state index is 12.7. The lowest BCUT2D eigenvalue weighted by molar-refractivity contribution is -0.151. The molecule has 0 radical (unpaired) electrons. The molecule has 1 aromatic rings. The van der Waals surface area contributed by atoms with E-state index >= 15 is 0 Å². The molecule has 0 spiro atoms. The molecule has 0 unspecified atom stereocenters. The van der Waals surface area contributed by atoms with E-state index in [1.807, 2.05) is 0 Å². The van der Waals surface area contributed by atoms with E-state index in [2.05, 4.69) is 10.3 Å². The number of nitrogen functional groups attached to an aromatic ring is 1. The van der Waals surface area contributed by atoms with Gasteiger partial charge in [0, 0.05) is 0 Å². The van der Waals surface area contributed by atoms with Crippen LogP contribution in [0.5, 0.6) is 5.88 Å². The Kier molecular flexibility index (Phi) is 2.56. The first-order valence-corrected chi connectivity index (χ1v) is 5.03. The molecular weight excluding hydrogens is 235 g/mol. The minimum absolute atomic E-state index is 0.0604. The van der Waals surface area contributed by atoms with Gasteiger partial charge in [-0.15, -0.1) is 0 Å². The van der Waals surface area contributed by atoms with Crippen molar-refractivity contribution >= 4 is 11.5 Å². The number of hydrogen-bond donors (Lipinski definition) is 2. The number of nitrogens with two attached hydrogens (primary N) is 1. The number of aromatic nitrogens is 1. The van der Waals surface area contributed by atoms with Gasteiger partial charge in [-0.3, -0.25) is 0 Å². The Morgan fingerprint density at radius 2 is 2.06 bits per heavy atom. The van der Waals surface area contributed by atoms with Gasteiger partial charge in [-0.2, -0.15) is 18.2 Å². The maximum absolute atomic E-state index is 12.7. The molecule has 1 saturated carbocycles. The monoisotopic (exact) mass is 247 g/mol. The van der Waals surface area contributed by atoms with Crippen LogP contribution in [-0.2, 0) is 0 Å². The highest BCUT2D eigenvalue weighted by atomic mass is 19.4. The van der Waals surface area contributed by atoms with Gasteiger partial charge in [0.15, 0.2) is 0 Å². The summed E-state index contributed by atoms with van der Waals surface area (Å²) in [7, 11) is 1.36. The summed E-state index contributed by atoms with van der Waals surface area (Å²) >= 11 is 0. The molecule has 1 fully saturated rings. The van der Waals surface area contributed by atoms with Crippen molar-refractivity contribution in [1.82, 2.24) is 4.98 Å². The lowest BCUT2D eigenvalue weighted by Gasteiger charge is -2.21. The summed E-state index contributed by atoms with van der Waals surface area (Å²) < 4.78 is 42.9. The second kappa shape index (κ2) is 3.68. The molecule has 1 aliphatic rings. The fraction of sp³-hybridized carbons (Fsp3) is 0.500. The second-order valence-corrected chi connectivity index (χ2v) is 4.00. The molecule has 7 heteroatoms. The van der Waals surface area contributed by atoms with Crippen molar-refractivity contribution in [1.29, 1.82) is 0 Å². The van der Waals surface area contributed by atoms with Crippen molar-refractivity contribution in [2.45, 2.75) is 24.6 Å². The van der Waals surface area contributed by atoms with Crippen LogP contribution in [0.25, 0.3) is 0 Å². The summed E-state index contributed by atoms with van der Waals surface area (Å²) in [5.41, 5.74) is 3.98. The molecule has 1 heterocycles. The normalized spacial score (nSPS) is 17.6. The first-order valence-electron chi connectivity index (χ1n) is 5.03. The molecule has 17 heavy (non-hydrogen) atoms. The van der Waals surface area contributed by atoms with Crippen LogP contribution < -0.4 is 15.8 Å². The Labute approximate surface area is 96.0 Å². The fourth-order valence-corrected chi connectivity index (χ4v) is 1.53. The van der Waals surface area contributed by atoms with Crippen LogP contribution in [0.3, 0.4) is 0 Å². The lowest BCUT2D eigenvalue weighted by Crippen LogP contribution is -2.38.